The minimum atomic E-state index is -0.599. The number of halogens is 1. The van der Waals surface area contributed by atoms with E-state index in [1.807, 2.05) is 37.4 Å². The van der Waals surface area contributed by atoms with E-state index in [9.17, 15) is 4.79 Å². The minimum absolute atomic E-state index is 0.0487. The molecule has 0 radical (unpaired) electrons. The van der Waals surface area contributed by atoms with Crippen molar-refractivity contribution >= 4 is 17.4 Å². The molecule has 0 aliphatic rings. The summed E-state index contributed by atoms with van der Waals surface area (Å²) in [5.74, 6) is -0.0487. The lowest BCUT2D eigenvalue weighted by molar-refractivity contribution is 0.0484. The van der Waals surface area contributed by atoms with Crippen LogP contribution in [0.1, 0.15) is 22.0 Å². The van der Waals surface area contributed by atoms with Gasteiger partial charge in [0.1, 0.15) is 6.10 Å². The Labute approximate surface area is 129 Å². The van der Waals surface area contributed by atoms with Crippen molar-refractivity contribution in [1.82, 2.24) is 5.32 Å². The van der Waals surface area contributed by atoms with Crippen LogP contribution in [0, 0.1) is 0 Å². The molecule has 0 spiro atoms. The topological polar surface area (TPSA) is 38.3 Å². The van der Waals surface area contributed by atoms with Gasteiger partial charge in [0.25, 0.3) is 0 Å². The van der Waals surface area contributed by atoms with E-state index in [-0.39, 0.29) is 11.8 Å². The number of Topliss-reactive ketones (excluding diaryl/α,β-unsaturated/α-hetero) is 1. The number of hydrogen-bond donors (Lipinski definition) is 1. The highest BCUT2D eigenvalue weighted by molar-refractivity contribution is 6.30. The predicted octanol–water partition coefficient (Wildman–Crippen LogP) is 3.50. The lowest BCUT2D eigenvalue weighted by Gasteiger charge is -2.25. The monoisotopic (exact) mass is 303 g/mol. The minimum Gasteiger partial charge on any atom is -0.371 e. The smallest absolute Gasteiger partial charge is 0.193 e. The van der Waals surface area contributed by atoms with Gasteiger partial charge >= 0.3 is 0 Å². The maximum Gasteiger partial charge on any atom is 0.193 e. The van der Waals surface area contributed by atoms with Gasteiger partial charge in [0.05, 0.1) is 6.04 Å². The summed E-state index contributed by atoms with van der Waals surface area (Å²) >= 11 is 5.91. The summed E-state index contributed by atoms with van der Waals surface area (Å²) in [6.45, 7) is 0. The first-order chi connectivity index (χ1) is 10.2. The van der Waals surface area contributed by atoms with Gasteiger partial charge in [0.2, 0.25) is 0 Å². The molecule has 0 amide bonds. The number of benzene rings is 2. The highest BCUT2D eigenvalue weighted by Gasteiger charge is 2.29. The number of likely N-dealkylation sites (N-methyl/N-ethyl adjacent to an activating group) is 1. The molecule has 21 heavy (non-hydrogen) atoms. The number of ketones is 1. The van der Waals surface area contributed by atoms with Crippen molar-refractivity contribution in [2.75, 3.05) is 14.2 Å². The van der Waals surface area contributed by atoms with E-state index < -0.39 is 6.10 Å². The highest BCUT2D eigenvalue weighted by atomic mass is 35.5. The van der Waals surface area contributed by atoms with Crippen molar-refractivity contribution in [3.63, 3.8) is 0 Å². The van der Waals surface area contributed by atoms with Crippen LogP contribution in [0.5, 0.6) is 0 Å². The molecular weight excluding hydrogens is 286 g/mol. The lowest BCUT2D eigenvalue weighted by atomic mass is 9.95. The standard InChI is InChI=1S/C17H18ClNO2/c1-19-15(12-8-10-14(18)11-9-12)17(21-2)16(20)13-6-4-3-5-7-13/h3-11,15,17,19H,1-2H3. The molecule has 0 bridgehead atoms. The van der Waals surface area contributed by atoms with Crippen LogP contribution in [0.2, 0.25) is 5.02 Å². The van der Waals surface area contributed by atoms with Crippen molar-refractivity contribution < 1.29 is 9.53 Å². The summed E-state index contributed by atoms with van der Waals surface area (Å²) in [6.07, 6.45) is -0.599. The number of carbonyl (C=O) groups excluding carboxylic acids is 1. The number of carbonyl (C=O) groups is 1. The number of nitrogens with one attached hydrogen (secondary N) is 1. The molecule has 0 saturated heterocycles. The summed E-state index contributed by atoms with van der Waals surface area (Å²) in [6, 6.07) is 16.3. The SMILES string of the molecule is CNC(c1ccc(Cl)cc1)C(OC)C(=O)c1ccccc1. The molecule has 0 saturated carbocycles. The quantitative estimate of drug-likeness (QED) is 0.830. The summed E-state index contributed by atoms with van der Waals surface area (Å²) < 4.78 is 5.46. The van der Waals surface area contributed by atoms with Gasteiger partial charge in [0, 0.05) is 17.7 Å². The second-order valence-electron chi connectivity index (χ2n) is 4.70. The molecular formula is C17H18ClNO2. The van der Waals surface area contributed by atoms with Gasteiger partial charge in [-0.1, -0.05) is 54.1 Å². The molecule has 0 aliphatic carbocycles. The van der Waals surface area contributed by atoms with E-state index in [2.05, 4.69) is 5.32 Å². The average Bonchev–Trinajstić information content (AvgIpc) is 2.54. The molecule has 0 aliphatic heterocycles. The number of hydrogen-bond acceptors (Lipinski definition) is 3. The third-order valence-electron chi connectivity index (χ3n) is 3.41. The fourth-order valence-electron chi connectivity index (χ4n) is 2.32. The fraction of sp³-hybridized carbons (Fsp3) is 0.235. The Balaban J connectivity index is 2.29. The molecule has 0 heterocycles. The second-order valence-corrected chi connectivity index (χ2v) is 5.14. The van der Waals surface area contributed by atoms with Crippen molar-refractivity contribution in [1.29, 1.82) is 0 Å². The zero-order valence-electron chi connectivity index (χ0n) is 12.0. The molecule has 3 nitrogen and oxygen atoms in total. The van der Waals surface area contributed by atoms with E-state index in [4.69, 9.17) is 16.3 Å². The maximum atomic E-state index is 12.6. The van der Waals surface area contributed by atoms with Gasteiger partial charge in [-0.25, -0.2) is 0 Å². The predicted molar refractivity (Wildman–Crippen MR) is 84.8 cm³/mol. The van der Waals surface area contributed by atoms with Crippen LogP contribution in [0.25, 0.3) is 0 Å². The molecule has 2 unspecified atom stereocenters. The first-order valence-electron chi connectivity index (χ1n) is 6.72. The van der Waals surface area contributed by atoms with E-state index in [0.717, 1.165) is 5.56 Å². The largest absolute Gasteiger partial charge is 0.371 e. The van der Waals surface area contributed by atoms with Gasteiger partial charge in [-0.15, -0.1) is 0 Å². The van der Waals surface area contributed by atoms with E-state index in [1.165, 1.54) is 0 Å². The Kier molecular flexibility index (Phi) is 5.51. The van der Waals surface area contributed by atoms with Crippen LogP contribution in [-0.4, -0.2) is 26.0 Å². The molecule has 0 fully saturated rings. The van der Waals surface area contributed by atoms with Gasteiger partial charge in [-0.05, 0) is 24.7 Å². The Bertz CT molecular complexity index is 583. The van der Waals surface area contributed by atoms with Gasteiger partial charge in [0.15, 0.2) is 5.78 Å². The van der Waals surface area contributed by atoms with E-state index in [0.29, 0.717) is 10.6 Å². The maximum absolute atomic E-state index is 12.6. The third-order valence-corrected chi connectivity index (χ3v) is 3.67. The first kappa shape index (κ1) is 15.7. The molecule has 2 aromatic carbocycles. The van der Waals surface area contributed by atoms with Crippen LogP contribution in [0.4, 0.5) is 0 Å². The van der Waals surface area contributed by atoms with Crippen LogP contribution < -0.4 is 5.32 Å². The van der Waals surface area contributed by atoms with Crippen molar-refractivity contribution in [2.24, 2.45) is 0 Å². The van der Waals surface area contributed by atoms with Crippen LogP contribution in [0.15, 0.2) is 54.6 Å². The summed E-state index contributed by atoms with van der Waals surface area (Å²) in [4.78, 5) is 12.6. The van der Waals surface area contributed by atoms with Crippen molar-refractivity contribution in [3.05, 3.63) is 70.7 Å². The Hall–Kier alpha value is -1.68. The van der Waals surface area contributed by atoms with E-state index >= 15 is 0 Å². The number of ether oxygens (including phenoxy) is 1. The Morgan fingerprint density at radius 3 is 2.24 bits per heavy atom. The third kappa shape index (κ3) is 3.70. The van der Waals surface area contributed by atoms with Crippen molar-refractivity contribution in [3.8, 4) is 0 Å². The van der Waals surface area contributed by atoms with Crippen LogP contribution >= 0.6 is 11.6 Å². The fourth-order valence-corrected chi connectivity index (χ4v) is 2.45. The van der Waals surface area contributed by atoms with Crippen LogP contribution in [0.3, 0.4) is 0 Å². The Morgan fingerprint density at radius 2 is 1.71 bits per heavy atom. The first-order valence-corrected chi connectivity index (χ1v) is 7.10. The molecule has 2 rings (SSSR count). The average molecular weight is 304 g/mol. The molecule has 2 aromatic rings. The van der Waals surface area contributed by atoms with Gasteiger partial charge < -0.3 is 10.1 Å². The van der Waals surface area contributed by atoms with Gasteiger partial charge in [-0.3, -0.25) is 4.79 Å². The zero-order chi connectivity index (χ0) is 15.2. The molecule has 4 heteroatoms. The summed E-state index contributed by atoms with van der Waals surface area (Å²) in [5, 5.41) is 3.81. The number of methoxy groups -OCH3 is 1. The van der Waals surface area contributed by atoms with Gasteiger partial charge in [-0.2, -0.15) is 0 Å². The van der Waals surface area contributed by atoms with Crippen molar-refractivity contribution in [2.45, 2.75) is 12.1 Å². The second kappa shape index (κ2) is 7.36. The Morgan fingerprint density at radius 1 is 1.10 bits per heavy atom. The number of rotatable bonds is 6. The summed E-state index contributed by atoms with van der Waals surface area (Å²) in [5.41, 5.74) is 1.59. The summed E-state index contributed by atoms with van der Waals surface area (Å²) in [7, 11) is 3.36. The zero-order valence-corrected chi connectivity index (χ0v) is 12.8. The van der Waals surface area contributed by atoms with Crippen LogP contribution in [-0.2, 0) is 4.74 Å². The highest BCUT2D eigenvalue weighted by Crippen LogP contribution is 2.23. The molecule has 0 aromatic heterocycles. The lowest BCUT2D eigenvalue weighted by Crippen LogP contribution is -2.37. The molecule has 2 atom stereocenters. The molecule has 1 N–H and O–H groups in total. The van der Waals surface area contributed by atoms with E-state index in [1.54, 1.807) is 31.4 Å². The molecule has 110 valence electrons. The normalized spacial score (nSPS) is 13.7.